The number of carbonyl (C=O) groups is 2. The van der Waals surface area contributed by atoms with Gasteiger partial charge in [-0.3, -0.25) is 14.5 Å². The summed E-state index contributed by atoms with van der Waals surface area (Å²) in [5.41, 5.74) is 1.02. The van der Waals surface area contributed by atoms with Crippen molar-refractivity contribution in [3.8, 4) is 11.5 Å². The molecule has 1 aliphatic carbocycles. The number of benzene rings is 2. The Balaban J connectivity index is 1.58. The van der Waals surface area contributed by atoms with Gasteiger partial charge in [0.05, 0.1) is 4.88 Å². The predicted molar refractivity (Wildman–Crippen MR) is 128 cm³/mol. The summed E-state index contributed by atoms with van der Waals surface area (Å²) in [6, 6.07) is 13.5. The minimum absolute atomic E-state index is 0.0552. The maximum absolute atomic E-state index is 13.8. The smallest absolute Gasteiger partial charge is 0.269 e. The lowest BCUT2D eigenvalue weighted by Crippen LogP contribution is -2.47. The third-order valence-corrected chi connectivity index (χ3v) is 7.09. The van der Waals surface area contributed by atoms with Gasteiger partial charge in [-0.25, -0.2) is 4.39 Å². The van der Waals surface area contributed by atoms with Crippen molar-refractivity contribution in [2.24, 2.45) is 0 Å². The Hall–Kier alpha value is -3.39. The number of fused-ring (bicyclic) bond motifs is 1. The Bertz CT molecular complexity index is 1160. The molecule has 1 fully saturated rings. The van der Waals surface area contributed by atoms with Crippen LogP contribution < -0.4 is 19.7 Å². The van der Waals surface area contributed by atoms with Crippen LogP contribution in [0.3, 0.4) is 0 Å². The highest BCUT2D eigenvalue weighted by Gasteiger charge is 2.35. The van der Waals surface area contributed by atoms with Crippen molar-refractivity contribution >= 4 is 28.8 Å². The summed E-state index contributed by atoms with van der Waals surface area (Å²) >= 11 is 1.30. The lowest BCUT2D eigenvalue weighted by Gasteiger charge is -2.33. The number of carbonyl (C=O) groups excluding carboxylic acids is 2. The molecule has 0 unspecified atom stereocenters. The van der Waals surface area contributed by atoms with Crippen LogP contribution in [0.2, 0.25) is 0 Å². The van der Waals surface area contributed by atoms with Crippen molar-refractivity contribution < 1.29 is 23.5 Å². The van der Waals surface area contributed by atoms with Crippen LogP contribution in [0.4, 0.5) is 10.1 Å². The summed E-state index contributed by atoms with van der Waals surface area (Å²) in [6.45, 7) is 0.0984. The van der Waals surface area contributed by atoms with Gasteiger partial charge in [-0.1, -0.05) is 37.5 Å². The van der Waals surface area contributed by atoms with Gasteiger partial charge in [-0.2, -0.15) is 0 Å². The Kier molecular flexibility index (Phi) is 6.49. The van der Waals surface area contributed by atoms with E-state index in [1.807, 2.05) is 5.38 Å². The van der Waals surface area contributed by atoms with E-state index in [4.69, 9.17) is 9.47 Å². The number of anilines is 1. The van der Waals surface area contributed by atoms with Crippen LogP contribution in [-0.2, 0) is 4.79 Å². The van der Waals surface area contributed by atoms with E-state index < -0.39 is 11.9 Å². The molecule has 8 heteroatoms. The number of amides is 2. The third-order valence-electron chi connectivity index (χ3n) is 6.23. The number of rotatable bonds is 6. The van der Waals surface area contributed by atoms with Crippen molar-refractivity contribution in [1.82, 2.24) is 5.32 Å². The molecule has 0 bridgehead atoms. The molecule has 176 valence electrons. The normalized spacial score (nSPS) is 16.1. The van der Waals surface area contributed by atoms with Crippen molar-refractivity contribution in [2.75, 3.05) is 11.7 Å². The number of hydrogen-bond donors (Lipinski definition) is 1. The van der Waals surface area contributed by atoms with Gasteiger partial charge in [-0.05, 0) is 54.1 Å². The van der Waals surface area contributed by atoms with Crippen LogP contribution in [0.1, 0.15) is 53.4 Å². The third kappa shape index (κ3) is 4.63. The first kappa shape index (κ1) is 22.4. The fourth-order valence-electron chi connectivity index (χ4n) is 4.53. The topological polar surface area (TPSA) is 67.9 Å². The molecule has 1 atom stereocenters. The zero-order chi connectivity index (χ0) is 23.5. The average molecular weight is 481 g/mol. The standard InChI is InChI=1S/C26H25FN2O4S/c27-18-10-8-17(9-11-18)24(25(30)28-19-5-2-1-3-6-19)29(26(31)23-7-4-14-34-23)20-12-13-21-22(15-20)33-16-32-21/h4,7-15,19,24H,1-3,5-6,16H2,(H,28,30)/t24-/m1/s1. The second-order valence-corrected chi connectivity index (χ2v) is 9.44. The molecule has 6 nitrogen and oxygen atoms in total. The minimum Gasteiger partial charge on any atom is -0.454 e. The summed E-state index contributed by atoms with van der Waals surface area (Å²) in [5, 5.41) is 4.98. The molecule has 0 saturated heterocycles. The lowest BCUT2D eigenvalue weighted by molar-refractivity contribution is -0.123. The van der Waals surface area contributed by atoms with Crippen LogP contribution in [-0.4, -0.2) is 24.6 Å². The highest BCUT2D eigenvalue weighted by atomic mass is 32.1. The molecule has 1 aromatic heterocycles. The Labute approximate surface area is 201 Å². The summed E-state index contributed by atoms with van der Waals surface area (Å²) < 4.78 is 24.7. The van der Waals surface area contributed by atoms with Crippen LogP contribution in [0.5, 0.6) is 11.5 Å². The first-order valence-corrected chi connectivity index (χ1v) is 12.3. The van der Waals surface area contributed by atoms with E-state index in [1.54, 1.807) is 42.5 Å². The fraction of sp³-hybridized carbons (Fsp3) is 0.308. The van der Waals surface area contributed by atoms with Crippen LogP contribution >= 0.6 is 11.3 Å². The second-order valence-electron chi connectivity index (χ2n) is 8.49. The molecule has 1 N–H and O–H groups in total. The van der Waals surface area contributed by atoms with Crippen molar-refractivity contribution in [3.63, 3.8) is 0 Å². The van der Waals surface area contributed by atoms with Crippen molar-refractivity contribution in [2.45, 2.75) is 44.2 Å². The monoisotopic (exact) mass is 480 g/mol. The Morgan fingerprint density at radius 3 is 2.50 bits per heavy atom. The molecule has 3 aromatic rings. The molecule has 2 aromatic carbocycles. The molecular formula is C26H25FN2O4S. The number of nitrogens with zero attached hydrogens (tertiary/aromatic N) is 1. The number of ether oxygens (including phenoxy) is 2. The molecule has 1 aliphatic heterocycles. The van der Waals surface area contributed by atoms with E-state index in [2.05, 4.69) is 5.32 Å². The second kappa shape index (κ2) is 9.85. The molecule has 0 spiro atoms. The summed E-state index contributed by atoms with van der Waals surface area (Å²) in [4.78, 5) is 29.5. The zero-order valence-corrected chi connectivity index (χ0v) is 19.4. The molecule has 0 radical (unpaired) electrons. The highest BCUT2D eigenvalue weighted by molar-refractivity contribution is 7.12. The number of hydrogen-bond acceptors (Lipinski definition) is 5. The van der Waals surface area contributed by atoms with Gasteiger partial charge < -0.3 is 14.8 Å². The molecule has 2 aliphatic rings. The Morgan fingerprint density at radius 1 is 1.00 bits per heavy atom. The summed E-state index contributed by atoms with van der Waals surface area (Å²) in [5.74, 6) is 0.0711. The molecule has 34 heavy (non-hydrogen) atoms. The van der Waals surface area contributed by atoms with E-state index in [-0.39, 0.29) is 24.6 Å². The predicted octanol–water partition coefficient (Wildman–Crippen LogP) is 5.45. The maximum Gasteiger partial charge on any atom is 0.269 e. The molecule has 2 heterocycles. The first-order valence-electron chi connectivity index (χ1n) is 11.4. The van der Waals surface area contributed by atoms with Gasteiger partial charge in [-0.15, -0.1) is 11.3 Å². The molecule has 5 rings (SSSR count). The molecule has 1 saturated carbocycles. The van der Waals surface area contributed by atoms with Gasteiger partial charge in [0.15, 0.2) is 11.5 Å². The van der Waals surface area contributed by atoms with Crippen LogP contribution in [0.15, 0.2) is 60.0 Å². The number of nitrogens with one attached hydrogen (secondary N) is 1. The highest BCUT2D eigenvalue weighted by Crippen LogP contribution is 2.39. The molecular weight excluding hydrogens is 455 g/mol. The minimum atomic E-state index is -0.988. The SMILES string of the molecule is O=C(NC1CCCCC1)[C@@H](c1ccc(F)cc1)N(C(=O)c1cccs1)c1ccc2c(c1)OCO2. The average Bonchev–Trinajstić information content (AvgIpc) is 3.55. The molecule has 2 amide bonds. The Morgan fingerprint density at radius 2 is 1.76 bits per heavy atom. The van der Waals surface area contributed by atoms with Crippen LogP contribution in [0.25, 0.3) is 0 Å². The summed E-state index contributed by atoms with van der Waals surface area (Å²) in [7, 11) is 0. The number of thiophene rings is 1. The zero-order valence-electron chi connectivity index (χ0n) is 18.5. The fourth-order valence-corrected chi connectivity index (χ4v) is 5.19. The van der Waals surface area contributed by atoms with Gasteiger partial charge >= 0.3 is 0 Å². The first-order chi connectivity index (χ1) is 16.6. The van der Waals surface area contributed by atoms with E-state index in [9.17, 15) is 14.0 Å². The largest absolute Gasteiger partial charge is 0.454 e. The van der Waals surface area contributed by atoms with Gasteiger partial charge in [0.25, 0.3) is 5.91 Å². The van der Waals surface area contributed by atoms with E-state index >= 15 is 0 Å². The van der Waals surface area contributed by atoms with Gasteiger partial charge in [0.2, 0.25) is 12.7 Å². The lowest BCUT2D eigenvalue weighted by atomic mass is 9.94. The van der Waals surface area contributed by atoms with Crippen molar-refractivity contribution in [1.29, 1.82) is 0 Å². The maximum atomic E-state index is 13.8. The van der Waals surface area contributed by atoms with E-state index in [0.29, 0.717) is 27.6 Å². The van der Waals surface area contributed by atoms with Crippen LogP contribution in [0, 0.1) is 5.82 Å². The van der Waals surface area contributed by atoms with Gasteiger partial charge in [0, 0.05) is 17.8 Å². The quantitative estimate of drug-likeness (QED) is 0.509. The van der Waals surface area contributed by atoms with E-state index in [1.165, 1.54) is 28.4 Å². The van der Waals surface area contributed by atoms with E-state index in [0.717, 1.165) is 32.1 Å². The van der Waals surface area contributed by atoms with Gasteiger partial charge in [0.1, 0.15) is 11.9 Å². The van der Waals surface area contributed by atoms with Crippen molar-refractivity contribution in [3.05, 3.63) is 76.2 Å². The number of halogens is 1. The summed E-state index contributed by atoms with van der Waals surface area (Å²) in [6.07, 6.45) is 5.10.